The molecular weight excluding hydrogens is 415 g/mol. The van der Waals surface area contributed by atoms with Crippen molar-refractivity contribution >= 4 is 12.2 Å². The zero-order chi connectivity index (χ0) is 23.7. The highest BCUT2D eigenvalue weighted by atomic mass is 19.1. The number of aromatic nitrogens is 2. The van der Waals surface area contributed by atoms with Crippen molar-refractivity contribution < 1.29 is 32.9 Å². The Balaban J connectivity index is 2.22. The van der Waals surface area contributed by atoms with Gasteiger partial charge in [-0.05, 0) is 48.5 Å². The van der Waals surface area contributed by atoms with Crippen molar-refractivity contribution in [1.29, 1.82) is 0 Å². The fraction of sp³-hybridized carbons (Fsp3) is 0.700. The zero-order valence-electron chi connectivity index (χ0n) is 18.8. The van der Waals surface area contributed by atoms with Crippen LogP contribution in [0.4, 0.5) is 14.0 Å². The monoisotopic (exact) mass is 444 g/mol. The minimum Gasteiger partial charge on any atom is -0.443 e. The Hall–Kier alpha value is -2.69. The summed E-state index contributed by atoms with van der Waals surface area (Å²) in [5.74, 6) is 0. The van der Waals surface area contributed by atoms with Crippen molar-refractivity contribution in [2.45, 2.75) is 84.6 Å². The molecule has 2 rings (SSSR count). The Morgan fingerprint density at radius 1 is 1.13 bits per heavy atom. The summed E-state index contributed by atoms with van der Waals surface area (Å²) in [6.45, 7) is 10.7. The first kappa shape index (κ1) is 24.6. The van der Waals surface area contributed by atoms with Gasteiger partial charge in [0.15, 0.2) is 0 Å². The molecule has 1 aromatic rings. The van der Waals surface area contributed by atoms with E-state index in [4.69, 9.17) is 18.9 Å². The molecule has 0 saturated carbocycles. The number of aryl methyl sites for hydroxylation is 1. The maximum Gasteiger partial charge on any atom is 0.508 e. The molecule has 1 aromatic heterocycles. The van der Waals surface area contributed by atoms with Crippen LogP contribution >= 0.6 is 0 Å². The van der Waals surface area contributed by atoms with Gasteiger partial charge in [0.25, 0.3) is 5.56 Å². The number of rotatable bonds is 3. The first-order chi connectivity index (χ1) is 14.1. The first-order valence-corrected chi connectivity index (χ1v) is 9.82. The molecular formula is C20H29FN2O8. The van der Waals surface area contributed by atoms with Crippen LogP contribution in [0.3, 0.4) is 0 Å². The Kier molecular flexibility index (Phi) is 6.99. The normalized spacial score (nSPS) is 21.6. The number of halogens is 1. The van der Waals surface area contributed by atoms with Crippen molar-refractivity contribution in [2.75, 3.05) is 6.61 Å². The molecule has 31 heavy (non-hydrogen) atoms. The molecule has 0 aliphatic carbocycles. The van der Waals surface area contributed by atoms with Gasteiger partial charge in [0.1, 0.15) is 36.3 Å². The van der Waals surface area contributed by atoms with Crippen molar-refractivity contribution in [3.8, 4) is 0 Å². The molecule has 10 nitrogen and oxygen atoms in total. The van der Waals surface area contributed by atoms with Crippen LogP contribution in [0.5, 0.6) is 0 Å². The largest absolute Gasteiger partial charge is 0.508 e. The van der Waals surface area contributed by atoms with Crippen LogP contribution in [-0.4, -0.2) is 51.5 Å². The number of hydrogen-bond acceptors (Lipinski definition) is 8. The molecule has 2 heterocycles. The molecule has 1 saturated heterocycles. The van der Waals surface area contributed by atoms with Crippen molar-refractivity contribution in [2.24, 2.45) is 0 Å². The van der Waals surface area contributed by atoms with Crippen LogP contribution in [0.25, 0.3) is 0 Å². The second-order valence-electron chi connectivity index (χ2n) is 9.28. The number of alkyl halides is 1. The third-order valence-corrected chi connectivity index (χ3v) is 4.09. The molecule has 3 atom stereocenters. The van der Waals surface area contributed by atoms with Gasteiger partial charge in [0.05, 0.1) is 0 Å². The molecule has 1 aliphatic rings. The van der Waals surface area contributed by atoms with Crippen LogP contribution in [0, 0.1) is 6.92 Å². The van der Waals surface area contributed by atoms with E-state index in [1.807, 2.05) is 0 Å². The van der Waals surface area contributed by atoms with Gasteiger partial charge in [-0.3, -0.25) is 9.36 Å². The van der Waals surface area contributed by atoms with Crippen molar-refractivity contribution in [1.82, 2.24) is 9.13 Å². The molecule has 0 unspecified atom stereocenters. The summed E-state index contributed by atoms with van der Waals surface area (Å²) < 4.78 is 36.3. The predicted molar refractivity (Wildman–Crippen MR) is 107 cm³/mol. The Bertz CT molecular complexity index is 954. The lowest BCUT2D eigenvalue weighted by Gasteiger charge is -2.21. The minimum absolute atomic E-state index is 0.0675. The zero-order valence-corrected chi connectivity index (χ0v) is 18.8. The van der Waals surface area contributed by atoms with Crippen molar-refractivity contribution in [3.63, 3.8) is 0 Å². The lowest BCUT2D eigenvalue weighted by atomic mass is 10.2. The highest BCUT2D eigenvalue weighted by Crippen LogP contribution is 2.30. The van der Waals surface area contributed by atoms with E-state index in [1.54, 1.807) is 41.5 Å². The van der Waals surface area contributed by atoms with Crippen LogP contribution in [0.2, 0.25) is 0 Å². The third-order valence-electron chi connectivity index (χ3n) is 4.09. The van der Waals surface area contributed by atoms with Crippen LogP contribution < -0.4 is 11.2 Å². The van der Waals surface area contributed by atoms with Crippen LogP contribution in [0.15, 0.2) is 15.8 Å². The molecule has 0 N–H and O–H groups in total. The lowest BCUT2D eigenvalue weighted by Crippen LogP contribution is -2.47. The number of nitrogens with zero attached hydrogens (tertiary/aromatic N) is 2. The molecule has 11 heteroatoms. The summed E-state index contributed by atoms with van der Waals surface area (Å²) in [6, 6.07) is 0. The average molecular weight is 444 g/mol. The predicted octanol–water partition coefficient (Wildman–Crippen LogP) is 2.68. The van der Waals surface area contributed by atoms with Gasteiger partial charge in [-0.1, -0.05) is 0 Å². The van der Waals surface area contributed by atoms with E-state index >= 15 is 0 Å². The first-order valence-electron chi connectivity index (χ1n) is 9.82. The van der Waals surface area contributed by atoms with Gasteiger partial charge in [-0.15, -0.1) is 0 Å². The van der Waals surface area contributed by atoms with Gasteiger partial charge in [-0.2, -0.15) is 4.57 Å². The maximum atomic E-state index is 14.5. The summed E-state index contributed by atoms with van der Waals surface area (Å²) in [4.78, 5) is 49.2. The SMILES string of the molecule is Cc1cn([C@H]2C[C@H](F)[C@@H](COC(=O)OC(C)(C)C)O2)c(=O)n(C(=O)OC(C)(C)C)c1=O. The summed E-state index contributed by atoms with van der Waals surface area (Å²) >= 11 is 0. The Morgan fingerprint density at radius 2 is 1.71 bits per heavy atom. The summed E-state index contributed by atoms with van der Waals surface area (Å²) in [7, 11) is 0. The second kappa shape index (κ2) is 8.81. The van der Waals surface area contributed by atoms with Gasteiger partial charge < -0.3 is 18.9 Å². The van der Waals surface area contributed by atoms with Gasteiger partial charge >= 0.3 is 17.9 Å². The smallest absolute Gasteiger partial charge is 0.443 e. The molecule has 0 spiro atoms. The highest BCUT2D eigenvalue weighted by molar-refractivity contribution is 5.70. The van der Waals surface area contributed by atoms with Gasteiger partial charge in [0.2, 0.25) is 0 Å². The summed E-state index contributed by atoms with van der Waals surface area (Å²) in [6.07, 6.45) is -4.97. The molecule has 0 amide bonds. The highest BCUT2D eigenvalue weighted by Gasteiger charge is 2.39. The quantitative estimate of drug-likeness (QED) is 0.654. The van der Waals surface area contributed by atoms with Crippen LogP contribution in [-0.2, 0) is 18.9 Å². The second-order valence-corrected chi connectivity index (χ2v) is 9.28. The standard InChI is InChI=1S/C20H29FN2O8/c1-11-9-22(16(25)23(15(11)24)17(26)30-19(2,3)4)14-8-12(21)13(29-14)10-28-18(27)31-20(5,6)7/h9,12-14H,8,10H2,1-7H3/t12-,13+,14+/m0/s1. The number of hydrogen-bond donors (Lipinski definition) is 0. The maximum absolute atomic E-state index is 14.5. The van der Waals surface area contributed by atoms with Gasteiger partial charge in [0, 0.05) is 18.2 Å². The number of carbonyl (C=O) groups excluding carboxylic acids is 2. The van der Waals surface area contributed by atoms with Gasteiger partial charge in [-0.25, -0.2) is 18.8 Å². The molecule has 0 bridgehead atoms. The molecule has 1 fully saturated rings. The Morgan fingerprint density at radius 3 is 2.26 bits per heavy atom. The van der Waals surface area contributed by atoms with E-state index in [2.05, 4.69) is 0 Å². The van der Waals surface area contributed by atoms with E-state index < -0.39 is 59.8 Å². The fourth-order valence-corrected chi connectivity index (χ4v) is 2.81. The molecule has 0 radical (unpaired) electrons. The minimum atomic E-state index is -1.55. The molecule has 174 valence electrons. The topological polar surface area (TPSA) is 115 Å². The fourth-order valence-electron chi connectivity index (χ4n) is 2.81. The number of ether oxygens (including phenoxy) is 4. The Labute approximate surface area is 178 Å². The number of carbonyl (C=O) groups is 2. The lowest BCUT2D eigenvalue weighted by molar-refractivity contribution is -0.0626. The van der Waals surface area contributed by atoms with E-state index in [1.165, 1.54) is 13.1 Å². The third kappa shape index (κ3) is 6.39. The molecule has 0 aromatic carbocycles. The van der Waals surface area contributed by atoms with E-state index in [0.717, 1.165) is 4.57 Å². The van der Waals surface area contributed by atoms with E-state index in [9.17, 15) is 23.6 Å². The molecule has 1 aliphatic heterocycles. The summed E-state index contributed by atoms with van der Waals surface area (Å²) in [5.41, 5.74) is -3.50. The average Bonchev–Trinajstić information content (AvgIpc) is 2.94. The van der Waals surface area contributed by atoms with Crippen LogP contribution in [0.1, 0.15) is 59.8 Å². The van der Waals surface area contributed by atoms with E-state index in [-0.39, 0.29) is 12.0 Å². The van der Waals surface area contributed by atoms with E-state index in [0.29, 0.717) is 4.57 Å². The summed E-state index contributed by atoms with van der Waals surface area (Å²) in [5, 5.41) is 0. The van der Waals surface area contributed by atoms with Crippen molar-refractivity contribution in [3.05, 3.63) is 32.6 Å².